The molecule has 31 heavy (non-hydrogen) atoms. The molecule has 5 rings (SSSR count). The van der Waals surface area contributed by atoms with Crippen LogP contribution in [0.4, 0.5) is 17.7 Å². The molecular formula is C22H25N8O+. The summed E-state index contributed by atoms with van der Waals surface area (Å²) in [5.74, 6) is 2.04. The lowest BCUT2D eigenvalue weighted by molar-refractivity contribution is -0.353. The Morgan fingerprint density at radius 3 is 2.71 bits per heavy atom. The van der Waals surface area contributed by atoms with Gasteiger partial charge >= 0.3 is 5.95 Å². The van der Waals surface area contributed by atoms with Crippen molar-refractivity contribution >= 4 is 17.7 Å². The van der Waals surface area contributed by atoms with Crippen molar-refractivity contribution in [1.82, 2.24) is 15.0 Å². The fraction of sp³-hybridized carbons (Fsp3) is 0.409. The fourth-order valence-electron chi connectivity index (χ4n) is 4.43. The van der Waals surface area contributed by atoms with Crippen molar-refractivity contribution < 1.29 is 9.72 Å². The number of ether oxygens (including phenoxy) is 1. The van der Waals surface area contributed by atoms with Gasteiger partial charge in [-0.05, 0) is 25.0 Å². The predicted molar refractivity (Wildman–Crippen MR) is 116 cm³/mol. The van der Waals surface area contributed by atoms with E-state index in [0.29, 0.717) is 13.2 Å². The molecule has 1 aliphatic carbocycles. The van der Waals surface area contributed by atoms with Crippen LogP contribution >= 0.6 is 0 Å². The van der Waals surface area contributed by atoms with Crippen molar-refractivity contribution in [3.63, 3.8) is 0 Å². The third-order valence-electron chi connectivity index (χ3n) is 6.01. The Labute approximate surface area is 180 Å². The molecule has 1 unspecified atom stereocenters. The van der Waals surface area contributed by atoms with Crippen molar-refractivity contribution in [2.45, 2.75) is 19.8 Å². The summed E-state index contributed by atoms with van der Waals surface area (Å²) in [5, 5.41) is 9.29. The number of hydrogen-bond acceptors (Lipinski definition) is 8. The first-order valence-electron chi connectivity index (χ1n) is 10.6. The van der Waals surface area contributed by atoms with Crippen LogP contribution in [0.25, 0.3) is 11.3 Å². The van der Waals surface area contributed by atoms with Gasteiger partial charge in [0.05, 0.1) is 61.7 Å². The Bertz CT molecular complexity index is 1100. The lowest BCUT2D eigenvalue weighted by Crippen LogP contribution is -2.41. The van der Waals surface area contributed by atoms with Crippen molar-refractivity contribution in [3.8, 4) is 17.3 Å². The average Bonchev–Trinajstić information content (AvgIpc) is 3.23. The topological polar surface area (TPSA) is 118 Å². The van der Waals surface area contributed by atoms with E-state index in [1.54, 1.807) is 12.4 Å². The van der Waals surface area contributed by atoms with Gasteiger partial charge < -0.3 is 10.5 Å². The molecule has 158 valence electrons. The van der Waals surface area contributed by atoms with Gasteiger partial charge in [-0.15, -0.1) is 4.98 Å². The highest BCUT2D eigenvalue weighted by atomic mass is 16.5. The molecule has 3 N–H and O–H groups in total. The number of hydrogen-bond donors (Lipinski definition) is 1. The number of aromatic amines is 1. The minimum Gasteiger partial charge on any atom is -0.376 e. The van der Waals surface area contributed by atoms with E-state index in [9.17, 15) is 5.26 Å². The molecule has 0 saturated carbocycles. The van der Waals surface area contributed by atoms with Crippen LogP contribution in [0.5, 0.6) is 0 Å². The van der Waals surface area contributed by atoms with E-state index in [-0.39, 0.29) is 11.9 Å². The minimum absolute atomic E-state index is 0.0568. The van der Waals surface area contributed by atoms with Crippen molar-refractivity contribution in [1.29, 1.82) is 5.26 Å². The van der Waals surface area contributed by atoms with E-state index in [1.165, 1.54) is 0 Å². The SMILES string of the molecule is CC1=CC(C#N)CC=C1N1CCc2c(-c3cnc(N)nc3)nc(N3CCOCC3)[nH+]c21. The lowest BCUT2D eigenvalue weighted by Gasteiger charge is -2.25. The molecule has 2 aromatic heterocycles. The van der Waals surface area contributed by atoms with Crippen LogP contribution in [-0.4, -0.2) is 47.8 Å². The summed E-state index contributed by atoms with van der Waals surface area (Å²) in [7, 11) is 0. The number of nitrogens with one attached hydrogen (secondary N) is 1. The number of nitriles is 1. The zero-order valence-electron chi connectivity index (χ0n) is 17.5. The molecule has 2 aliphatic heterocycles. The van der Waals surface area contributed by atoms with Crippen LogP contribution in [0, 0.1) is 17.2 Å². The number of nitrogens with zero attached hydrogens (tertiary/aromatic N) is 6. The molecule has 0 aromatic carbocycles. The zero-order chi connectivity index (χ0) is 21.4. The number of H-pyrrole nitrogens is 1. The molecule has 2 aromatic rings. The number of morpholine rings is 1. The van der Waals surface area contributed by atoms with E-state index in [4.69, 9.17) is 15.5 Å². The molecule has 4 heterocycles. The Morgan fingerprint density at radius 2 is 2.00 bits per heavy atom. The Kier molecular flexibility index (Phi) is 5.00. The third-order valence-corrected chi connectivity index (χ3v) is 6.01. The van der Waals surface area contributed by atoms with E-state index >= 15 is 0 Å². The van der Waals surface area contributed by atoms with Crippen LogP contribution in [0.3, 0.4) is 0 Å². The minimum atomic E-state index is -0.0568. The molecule has 9 heteroatoms. The van der Waals surface area contributed by atoms with Crippen molar-refractivity contribution in [2.24, 2.45) is 5.92 Å². The van der Waals surface area contributed by atoms with E-state index in [2.05, 4.69) is 49.9 Å². The summed E-state index contributed by atoms with van der Waals surface area (Å²) >= 11 is 0. The van der Waals surface area contributed by atoms with Gasteiger partial charge in [0.1, 0.15) is 5.69 Å². The number of allylic oxidation sites excluding steroid dienone is 3. The molecule has 1 fully saturated rings. The number of fused-ring (bicyclic) bond motifs is 1. The second-order valence-electron chi connectivity index (χ2n) is 7.98. The molecule has 0 spiro atoms. The average molecular weight is 417 g/mol. The van der Waals surface area contributed by atoms with Gasteiger partial charge in [0.2, 0.25) is 11.8 Å². The van der Waals surface area contributed by atoms with Crippen molar-refractivity contribution in [2.75, 3.05) is 48.4 Å². The van der Waals surface area contributed by atoms with Crippen LogP contribution in [0.2, 0.25) is 0 Å². The summed E-state index contributed by atoms with van der Waals surface area (Å²) in [5.41, 5.74) is 10.9. The number of rotatable bonds is 3. The summed E-state index contributed by atoms with van der Waals surface area (Å²) < 4.78 is 5.52. The van der Waals surface area contributed by atoms with Crippen LogP contribution in [0.1, 0.15) is 18.9 Å². The molecule has 0 amide bonds. The van der Waals surface area contributed by atoms with E-state index < -0.39 is 0 Å². The molecule has 0 bridgehead atoms. The first-order valence-corrected chi connectivity index (χ1v) is 10.6. The van der Waals surface area contributed by atoms with Gasteiger partial charge in [0, 0.05) is 18.8 Å². The van der Waals surface area contributed by atoms with E-state index in [0.717, 1.165) is 72.3 Å². The predicted octanol–water partition coefficient (Wildman–Crippen LogP) is 1.51. The zero-order valence-corrected chi connectivity index (χ0v) is 17.5. The number of anilines is 3. The maximum Gasteiger partial charge on any atom is 0.348 e. The Morgan fingerprint density at radius 1 is 1.23 bits per heavy atom. The monoisotopic (exact) mass is 417 g/mol. The van der Waals surface area contributed by atoms with Crippen LogP contribution < -0.4 is 20.5 Å². The second-order valence-corrected chi connectivity index (χ2v) is 7.98. The normalized spacial score (nSPS) is 20.7. The molecule has 1 saturated heterocycles. The molecular weight excluding hydrogens is 392 g/mol. The molecule has 1 atom stereocenters. The summed E-state index contributed by atoms with van der Waals surface area (Å²) in [6.45, 7) is 5.85. The van der Waals surface area contributed by atoms with Gasteiger partial charge in [-0.3, -0.25) is 9.80 Å². The number of nitrogens with two attached hydrogens (primary N) is 1. The van der Waals surface area contributed by atoms with Gasteiger partial charge in [0.25, 0.3) is 0 Å². The second kappa shape index (κ2) is 7.96. The first kappa shape index (κ1) is 19.5. The van der Waals surface area contributed by atoms with Gasteiger partial charge in [-0.25, -0.2) is 15.0 Å². The number of nitrogen functional groups attached to an aromatic ring is 1. The van der Waals surface area contributed by atoms with Gasteiger partial charge in [-0.2, -0.15) is 5.26 Å². The highest BCUT2D eigenvalue weighted by molar-refractivity contribution is 5.72. The van der Waals surface area contributed by atoms with Gasteiger partial charge in [-0.1, -0.05) is 6.08 Å². The summed E-state index contributed by atoms with van der Waals surface area (Å²) in [6, 6.07) is 2.35. The highest BCUT2D eigenvalue weighted by Crippen LogP contribution is 2.37. The lowest BCUT2D eigenvalue weighted by atomic mass is 9.95. The Balaban J connectivity index is 1.60. The van der Waals surface area contributed by atoms with Crippen LogP contribution in [-0.2, 0) is 11.2 Å². The third kappa shape index (κ3) is 3.59. The maximum absolute atomic E-state index is 9.29. The highest BCUT2D eigenvalue weighted by Gasteiger charge is 2.35. The molecule has 0 radical (unpaired) electrons. The van der Waals surface area contributed by atoms with Crippen LogP contribution in [0.15, 0.2) is 35.8 Å². The number of aromatic nitrogens is 4. The summed E-state index contributed by atoms with van der Waals surface area (Å²) in [4.78, 5) is 21.5. The van der Waals surface area contributed by atoms with E-state index in [1.807, 2.05) is 0 Å². The largest absolute Gasteiger partial charge is 0.376 e. The molecule has 3 aliphatic rings. The maximum atomic E-state index is 9.29. The first-order chi connectivity index (χ1) is 15.1. The van der Waals surface area contributed by atoms with Crippen molar-refractivity contribution in [3.05, 3.63) is 41.4 Å². The van der Waals surface area contributed by atoms with Gasteiger partial charge in [0.15, 0.2) is 0 Å². The smallest absolute Gasteiger partial charge is 0.348 e. The molecule has 9 nitrogen and oxygen atoms in total. The quantitative estimate of drug-likeness (QED) is 0.798. The standard InChI is InChI=1S/C22H24N8O/c1-14-10-15(11-23)2-3-18(14)30-5-4-17-19(16-12-25-21(24)26-13-16)27-22(28-20(17)30)29-6-8-31-9-7-29/h3,10,12-13,15H,2,4-9H2,1H3,(H2,24,25,26)/p+1. The fourth-order valence-corrected chi connectivity index (χ4v) is 4.43. The summed E-state index contributed by atoms with van der Waals surface area (Å²) in [6.07, 6.45) is 9.29. The Hall–Kier alpha value is -3.51.